The van der Waals surface area contributed by atoms with E-state index >= 15 is 0 Å². The van der Waals surface area contributed by atoms with E-state index < -0.39 is 0 Å². The number of rotatable bonds is 4. The Morgan fingerprint density at radius 1 is 1.48 bits per heavy atom. The second kappa shape index (κ2) is 6.30. The zero-order valence-corrected chi connectivity index (χ0v) is 13.2. The lowest BCUT2D eigenvalue weighted by atomic mass is 10.0. The van der Waals surface area contributed by atoms with Gasteiger partial charge in [0.05, 0.1) is 13.2 Å². The molecule has 0 unspecified atom stereocenters. The third-order valence-corrected chi connectivity index (χ3v) is 4.68. The molecule has 21 heavy (non-hydrogen) atoms. The van der Waals surface area contributed by atoms with Crippen LogP contribution in [0, 0.1) is 0 Å². The fourth-order valence-corrected chi connectivity index (χ4v) is 3.61. The molecule has 0 N–H and O–H groups in total. The third-order valence-electron chi connectivity index (χ3n) is 4.68. The van der Waals surface area contributed by atoms with Crippen molar-refractivity contribution in [2.45, 2.75) is 37.6 Å². The molecule has 3 atom stereocenters. The van der Waals surface area contributed by atoms with Crippen LogP contribution in [0.2, 0.25) is 0 Å². The van der Waals surface area contributed by atoms with E-state index in [1.54, 1.807) is 13.3 Å². The largest absolute Gasteiger partial charge is 0.481 e. The summed E-state index contributed by atoms with van der Waals surface area (Å²) in [5.41, 5.74) is 1.16. The molecule has 0 saturated carbocycles. The Bertz CT molecular complexity index is 480. The number of likely N-dealkylation sites (tertiary alicyclic amines) is 1. The Labute approximate surface area is 126 Å². The summed E-state index contributed by atoms with van der Waals surface area (Å²) in [6.07, 6.45) is 4.48. The average molecular weight is 291 g/mol. The smallest absolute Gasteiger partial charge is 0.217 e. The van der Waals surface area contributed by atoms with Crippen LogP contribution >= 0.6 is 0 Å². The first-order valence-electron chi connectivity index (χ1n) is 7.70. The van der Waals surface area contributed by atoms with E-state index in [0.29, 0.717) is 18.2 Å². The maximum absolute atomic E-state index is 6.07. The van der Waals surface area contributed by atoms with Crippen LogP contribution < -0.4 is 4.74 Å². The molecule has 5 nitrogen and oxygen atoms in total. The normalized spacial score (nSPS) is 29.6. The minimum absolute atomic E-state index is 0.330. The summed E-state index contributed by atoms with van der Waals surface area (Å²) in [4.78, 5) is 9.14. The molecule has 2 saturated heterocycles. The van der Waals surface area contributed by atoms with Gasteiger partial charge in [-0.05, 0) is 33.0 Å². The molecule has 2 fully saturated rings. The predicted octanol–water partition coefficient (Wildman–Crippen LogP) is 1.38. The number of methoxy groups -OCH3 is 1. The molecule has 0 aliphatic carbocycles. The molecule has 3 heterocycles. The van der Waals surface area contributed by atoms with Crippen molar-refractivity contribution in [1.29, 1.82) is 0 Å². The van der Waals surface area contributed by atoms with E-state index in [9.17, 15) is 0 Å². The molecule has 1 aromatic heterocycles. The first kappa shape index (κ1) is 14.8. The maximum Gasteiger partial charge on any atom is 0.217 e. The van der Waals surface area contributed by atoms with Gasteiger partial charge >= 0.3 is 0 Å². The summed E-state index contributed by atoms with van der Waals surface area (Å²) in [5, 5.41) is 0. The van der Waals surface area contributed by atoms with Gasteiger partial charge in [-0.15, -0.1) is 0 Å². The van der Waals surface area contributed by atoms with Crippen molar-refractivity contribution in [3.63, 3.8) is 0 Å². The molecule has 0 amide bonds. The van der Waals surface area contributed by atoms with Crippen molar-refractivity contribution in [3.8, 4) is 5.88 Å². The standard InChI is InChI=1S/C16H25N3O2/c1-18(2)14-11-19(13-7-5-9-21-15(13)14)10-12-6-4-8-17-16(12)20-3/h4,6,8,13-15H,5,7,9-11H2,1-3H3/t13-,14-,15+/m1/s1. The number of nitrogens with zero attached hydrogens (tertiary/aromatic N) is 3. The zero-order valence-electron chi connectivity index (χ0n) is 13.2. The van der Waals surface area contributed by atoms with E-state index in [1.165, 1.54) is 6.42 Å². The lowest BCUT2D eigenvalue weighted by Gasteiger charge is -2.33. The summed E-state index contributed by atoms with van der Waals surface area (Å²) < 4.78 is 11.5. The van der Waals surface area contributed by atoms with E-state index in [-0.39, 0.29) is 0 Å². The van der Waals surface area contributed by atoms with Gasteiger partial charge in [0, 0.05) is 43.5 Å². The third kappa shape index (κ3) is 2.91. The fraction of sp³-hybridized carbons (Fsp3) is 0.688. The van der Waals surface area contributed by atoms with Crippen molar-refractivity contribution in [1.82, 2.24) is 14.8 Å². The van der Waals surface area contributed by atoms with E-state index in [0.717, 1.165) is 37.6 Å². The van der Waals surface area contributed by atoms with Gasteiger partial charge in [0.25, 0.3) is 0 Å². The highest BCUT2D eigenvalue weighted by molar-refractivity contribution is 5.25. The minimum Gasteiger partial charge on any atom is -0.481 e. The number of pyridine rings is 1. The second-order valence-electron chi connectivity index (χ2n) is 6.18. The number of hydrogen-bond donors (Lipinski definition) is 0. The van der Waals surface area contributed by atoms with Gasteiger partial charge in [0.15, 0.2) is 0 Å². The number of likely N-dealkylation sites (N-methyl/N-ethyl adjacent to an activating group) is 1. The van der Waals surface area contributed by atoms with Crippen LogP contribution in [0.1, 0.15) is 18.4 Å². The number of hydrogen-bond acceptors (Lipinski definition) is 5. The van der Waals surface area contributed by atoms with Crippen LogP contribution in [-0.2, 0) is 11.3 Å². The second-order valence-corrected chi connectivity index (χ2v) is 6.18. The van der Waals surface area contributed by atoms with Crippen molar-refractivity contribution in [2.75, 3.05) is 34.4 Å². The van der Waals surface area contributed by atoms with Crippen LogP contribution in [0.25, 0.3) is 0 Å². The molecule has 2 aliphatic heterocycles. The lowest BCUT2D eigenvalue weighted by Crippen LogP contribution is -2.45. The predicted molar refractivity (Wildman–Crippen MR) is 81.4 cm³/mol. The Kier molecular flexibility index (Phi) is 4.42. The van der Waals surface area contributed by atoms with Crippen molar-refractivity contribution >= 4 is 0 Å². The summed E-state index contributed by atoms with van der Waals surface area (Å²) in [6.45, 7) is 2.82. The highest BCUT2D eigenvalue weighted by atomic mass is 16.5. The number of aromatic nitrogens is 1. The number of ether oxygens (including phenoxy) is 2. The molecule has 1 aromatic rings. The summed E-state index contributed by atoms with van der Waals surface area (Å²) in [5.74, 6) is 0.735. The summed E-state index contributed by atoms with van der Waals surface area (Å²) >= 11 is 0. The Morgan fingerprint density at radius 2 is 2.33 bits per heavy atom. The van der Waals surface area contributed by atoms with Gasteiger partial charge in [-0.25, -0.2) is 4.98 Å². The molecule has 116 valence electrons. The SMILES string of the molecule is COc1ncccc1CN1C[C@@H](N(C)C)[C@H]2OCCC[C@H]21. The van der Waals surface area contributed by atoms with Gasteiger partial charge in [-0.3, -0.25) is 4.90 Å². The molecular formula is C16H25N3O2. The van der Waals surface area contributed by atoms with Crippen molar-refractivity contribution in [2.24, 2.45) is 0 Å². The average Bonchev–Trinajstić information content (AvgIpc) is 2.87. The Balaban J connectivity index is 1.78. The minimum atomic E-state index is 0.330. The van der Waals surface area contributed by atoms with Gasteiger partial charge < -0.3 is 14.4 Å². The van der Waals surface area contributed by atoms with Crippen LogP contribution in [0.15, 0.2) is 18.3 Å². The molecule has 0 aromatic carbocycles. The quantitative estimate of drug-likeness (QED) is 0.838. The van der Waals surface area contributed by atoms with Gasteiger partial charge in [-0.2, -0.15) is 0 Å². The maximum atomic E-state index is 6.07. The Morgan fingerprint density at radius 3 is 3.10 bits per heavy atom. The molecule has 2 aliphatic rings. The first-order valence-corrected chi connectivity index (χ1v) is 7.70. The molecule has 0 radical (unpaired) electrons. The van der Waals surface area contributed by atoms with E-state index in [1.807, 2.05) is 6.07 Å². The molecule has 5 heteroatoms. The van der Waals surface area contributed by atoms with Gasteiger partial charge in [0.2, 0.25) is 5.88 Å². The fourth-order valence-electron chi connectivity index (χ4n) is 3.61. The van der Waals surface area contributed by atoms with Crippen LogP contribution in [0.3, 0.4) is 0 Å². The first-order chi connectivity index (χ1) is 10.2. The summed E-state index contributed by atoms with van der Waals surface area (Å²) in [6, 6.07) is 5.06. The molecule has 3 rings (SSSR count). The van der Waals surface area contributed by atoms with Gasteiger partial charge in [-0.1, -0.05) is 6.07 Å². The monoisotopic (exact) mass is 291 g/mol. The highest BCUT2D eigenvalue weighted by Gasteiger charge is 2.44. The van der Waals surface area contributed by atoms with Crippen molar-refractivity contribution < 1.29 is 9.47 Å². The van der Waals surface area contributed by atoms with Crippen LogP contribution in [0.4, 0.5) is 0 Å². The number of fused-ring (bicyclic) bond motifs is 1. The van der Waals surface area contributed by atoms with Crippen LogP contribution in [-0.4, -0.2) is 67.3 Å². The van der Waals surface area contributed by atoms with E-state index in [4.69, 9.17) is 9.47 Å². The van der Waals surface area contributed by atoms with E-state index in [2.05, 4.69) is 34.9 Å². The Hall–Kier alpha value is -1.17. The highest BCUT2D eigenvalue weighted by Crippen LogP contribution is 2.32. The molecule has 0 spiro atoms. The molecular weight excluding hydrogens is 266 g/mol. The summed E-state index contributed by atoms with van der Waals surface area (Å²) in [7, 11) is 5.98. The van der Waals surface area contributed by atoms with Crippen LogP contribution in [0.5, 0.6) is 5.88 Å². The molecule has 0 bridgehead atoms. The topological polar surface area (TPSA) is 37.8 Å². The zero-order chi connectivity index (χ0) is 14.8. The van der Waals surface area contributed by atoms with Gasteiger partial charge in [0.1, 0.15) is 0 Å². The lowest BCUT2D eigenvalue weighted by molar-refractivity contribution is -0.0344. The van der Waals surface area contributed by atoms with Crippen molar-refractivity contribution in [3.05, 3.63) is 23.9 Å².